The summed E-state index contributed by atoms with van der Waals surface area (Å²) < 4.78 is 0.990. The molecule has 0 amide bonds. The van der Waals surface area contributed by atoms with Gasteiger partial charge in [0.1, 0.15) is 17.5 Å². The van der Waals surface area contributed by atoms with Crippen LogP contribution in [0.1, 0.15) is 56.2 Å². The van der Waals surface area contributed by atoms with Crippen LogP contribution in [0.2, 0.25) is 0 Å². The molecule has 3 nitrogen and oxygen atoms in total. The molecule has 1 saturated heterocycles. The molecule has 4 heteroatoms. The van der Waals surface area contributed by atoms with Crippen LogP contribution < -0.4 is 5.32 Å². The monoisotopic (exact) mass is 391 g/mol. The highest BCUT2D eigenvalue weighted by molar-refractivity contribution is 9.10. The van der Waals surface area contributed by atoms with E-state index in [2.05, 4.69) is 42.0 Å². The van der Waals surface area contributed by atoms with Gasteiger partial charge in [-0.2, -0.15) is 0 Å². The van der Waals surface area contributed by atoms with Crippen LogP contribution in [0.15, 0.2) is 16.6 Å². The third-order valence-corrected chi connectivity index (χ3v) is 6.14. The number of hydrogen-bond donors (Lipinski definition) is 1. The molecule has 1 unspecified atom stereocenters. The van der Waals surface area contributed by atoms with Crippen LogP contribution in [0.4, 0.5) is 0 Å². The zero-order chi connectivity index (χ0) is 17.9. The van der Waals surface area contributed by atoms with E-state index < -0.39 is 5.92 Å². The van der Waals surface area contributed by atoms with E-state index >= 15 is 0 Å². The van der Waals surface area contributed by atoms with E-state index in [0.29, 0.717) is 12.8 Å². The zero-order valence-corrected chi connectivity index (χ0v) is 16.7. The fraction of sp³-hybridized carbons (Fsp3) is 0.600. The number of carbonyl (C=O) groups is 2. The Balaban J connectivity index is 1.94. The Kier molecular flexibility index (Phi) is 4.28. The quantitative estimate of drug-likeness (QED) is 0.733. The van der Waals surface area contributed by atoms with E-state index in [0.717, 1.165) is 27.7 Å². The van der Waals surface area contributed by atoms with Crippen LogP contribution in [0, 0.1) is 24.7 Å². The third-order valence-electron chi connectivity index (χ3n) is 5.68. The van der Waals surface area contributed by atoms with E-state index in [9.17, 15) is 9.59 Å². The standard InChI is InChI=1S/C20H26BrNO2/c1-11-6-13(21)7-12(2)16(11)17-14(23)8-20(9-15(17)24)10-22-18(20)19(3,4)5/h6-7,17-18,22H,8-10H2,1-5H3. The van der Waals surface area contributed by atoms with Gasteiger partial charge in [0, 0.05) is 35.3 Å². The molecule has 1 aromatic rings. The highest BCUT2D eigenvalue weighted by Gasteiger charge is 2.57. The fourth-order valence-electron chi connectivity index (χ4n) is 4.89. The lowest BCUT2D eigenvalue weighted by molar-refractivity contribution is -0.143. The average molecular weight is 392 g/mol. The molecule has 2 fully saturated rings. The number of ketones is 2. The van der Waals surface area contributed by atoms with Crippen molar-refractivity contribution in [1.29, 1.82) is 0 Å². The number of carbonyl (C=O) groups excluding carboxylic acids is 2. The number of nitrogens with one attached hydrogen (secondary N) is 1. The number of benzene rings is 1. The number of Topliss-reactive ketones (excluding diaryl/α,β-unsaturated/α-hetero) is 2. The summed E-state index contributed by atoms with van der Waals surface area (Å²) in [5.74, 6) is -0.393. The summed E-state index contributed by atoms with van der Waals surface area (Å²) in [6.07, 6.45) is 1.01. The van der Waals surface area contributed by atoms with E-state index in [4.69, 9.17) is 0 Å². The SMILES string of the molecule is Cc1cc(Br)cc(C)c1C1C(=O)CC2(CNC2C(C)(C)C)CC1=O. The topological polar surface area (TPSA) is 46.2 Å². The van der Waals surface area contributed by atoms with Crippen LogP contribution >= 0.6 is 15.9 Å². The molecule has 0 radical (unpaired) electrons. The molecule has 0 aromatic heterocycles. The second-order valence-corrected chi connectivity index (χ2v) is 9.63. The van der Waals surface area contributed by atoms with Crippen molar-refractivity contribution in [3.05, 3.63) is 33.3 Å². The van der Waals surface area contributed by atoms with Gasteiger partial charge in [-0.3, -0.25) is 9.59 Å². The fourth-order valence-corrected chi connectivity index (χ4v) is 5.57. The molecule has 130 valence electrons. The van der Waals surface area contributed by atoms with Crippen LogP contribution in [0.5, 0.6) is 0 Å². The van der Waals surface area contributed by atoms with E-state index in [1.54, 1.807) is 0 Å². The maximum Gasteiger partial charge on any atom is 0.148 e. The molecular weight excluding hydrogens is 366 g/mol. The van der Waals surface area contributed by atoms with Gasteiger partial charge in [-0.05, 0) is 48.1 Å². The molecule has 1 aliphatic carbocycles. The summed E-state index contributed by atoms with van der Waals surface area (Å²) in [6.45, 7) is 11.3. The molecule has 1 N–H and O–H groups in total. The molecular formula is C20H26BrNO2. The Morgan fingerprint density at radius 1 is 1.08 bits per heavy atom. The Labute approximate surface area is 152 Å². The van der Waals surface area contributed by atoms with Crippen molar-refractivity contribution in [3.8, 4) is 0 Å². The number of aryl methyl sites for hydroxylation is 2. The number of halogens is 1. The van der Waals surface area contributed by atoms with Crippen LogP contribution in [-0.2, 0) is 9.59 Å². The number of hydrogen-bond acceptors (Lipinski definition) is 3. The Bertz CT molecular complexity index is 676. The second-order valence-electron chi connectivity index (χ2n) is 8.71. The highest BCUT2D eigenvalue weighted by Crippen LogP contribution is 2.50. The van der Waals surface area contributed by atoms with Crippen molar-refractivity contribution in [2.24, 2.45) is 10.8 Å². The smallest absolute Gasteiger partial charge is 0.148 e. The summed E-state index contributed by atoms with van der Waals surface area (Å²) in [6, 6.07) is 4.22. The van der Waals surface area contributed by atoms with Gasteiger partial charge >= 0.3 is 0 Å². The first-order valence-corrected chi connectivity index (χ1v) is 9.40. The molecule has 24 heavy (non-hydrogen) atoms. The zero-order valence-electron chi connectivity index (χ0n) is 15.1. The molecule has 1 atom stereocenters. The van der Waals surface area contributed by atoms with Crippen molar-refractivity contribution in [2.75, 3.05) is 6.54 Å². The van der Waals surface area contributed by atoms with Crippen molar-refractivity contribution in [2.45, 2.75) is 59.4 Å². The van der Waals surface area contributed by atoms with Gasteiger partial charge in [-0.25, -0.2) is 0 Å². The van der Waals surface area contributed by atoms with Gasteiger partial charge in [-0.1, -0.05) is 36.7 Å². The minimum atomic E-state index is -0.579. The summed E-state index contributed by atoms with van der Waals surface area (Å²) in [4.78, 5) is 26.0. The lowest BCUT2D eigenvalue weighted by Crippen LogP contribution is -2.70. The van der Waals surface area contributed by atoms with E-state index in [1.807, 2.05) is 26.0 Å². The Morgan fingerprint density at radius 2 is 1.58 bits per heavy atom. The normalized spacial score (nSPS) is 30.6. The van der Waals surface area contributed by atoms with Crippen LogP contribution in [0.25, 0.3) is 0 Å². The lowest BCUT2D eigenvalue weighted by Gasteiger charge is -2.57. The van der Waals surface area contributed by atoms with Crippen LogP contribution in [-0.4, -0.2) is 24.2 Å². The molecule has 1 spiro atoms. The van der Waals surface area contributed by atoms with Crippen molar-refractivity contribution in [1.82, 2.24) is 5.32 Å². The van der Waals surface area contributed by atoms with Crippen molar-refractivity contribution in [3.63, 3.8) is 0 Å². The summed E-state index contributed by atoms with van der Waals surface area (Å²) in [7, 11) is 0. The first-order chi connectivity index (χ1) is 11.0. The van der Waals surface area contributed by atoms with Gasteiger partial charge in [0.2, 0.25) is 0 Å². The Hall–Kier alpha value is -1.00. The van der Waals surface area contributed by atoms with Gasteiger partial charge in [0.05, 0.1) is 0 Å². The second kappa shape index (κ2) is 5.77. The van der Waals surface area contributed by atoms with Crippen molar-refractivity contribution < 1.29 is 9.59 Å². The molecule has 3 rings (SSSR count). The molecule has 1 saturated carbocycles. The largest absolute Gasteiger partial charge is 0.312 e. The maximum absolute atomic E-state index is 13.0. The summed E-state index contributed by atoms with van der Waals surface area (Å²) >= 11 is 3.49. The molecule has 1 aliphatic heterocycles. The van der Waals surface area contributed by atoms with Gasteiger partial charge < -0.3 is 5.32 Å². The first-order valence-electron chi connectivity index (χ1n) is 8.61. The summed E-state index contributed by atoms with van der Waals surface area (Å²) in [5, 5.41) is 3.46. The summed E-state index contributed by atoms with van der Waals surface area (Å²) in [5.41, 5.74) is 2.82. The average Bonchev–Trinajstić information content (AvgIpc) is 2.37. The van der Waals surface area contributed by atoms with E-state index in [1.165, 1.54) is 0 Å². The lowest BCUT2D eigenvalue weighted by atomic mass is 9.55. The molecule has 1 heterocycles. The van der Waals surface area contributed by atoms with Crippen LogP contribution in [0.3, 0.4) is 0 Å². The van der Waals surface area contributed by atoms with Gasteiger partial charge in [-0.15, -0.1) is 0 Å². The first kappa shape index (κ1) is 17.8. The predicted molar refractivity (Wildman–Crippen MR) is 99.3 cm³/mol. The molecule has 0 bridgehead atoms. The molecule has 1 aromatic carbocycles. The van der Waals surface area contributed by atoms with Gasteiger partial charge in [0.25, 0.3) is 0 Å². The third kappa shape index (κ3) is 2.78. The van der Waals surface area contributed by atoms with Crippen molar-refractivity contribution >= 4 is 27.5 Å². The Morgan fingerprint density at radius 3 is 1.96 bits per heavy atom. The highest BCUT2D eigenvalue weighted by atomic mass is 79.9. The van der Waals surface area contributed by atoms with E-state index in [-0.39, 0.29) is 28.4 Å². The molecule has 2 aliphatic rings. The number of rotatable bonds is 1. The predicted octanol–water partition coefficient (Wildman–Crippen LogP) is 4.09. The minimum Gasteiger partial charge on any atom is -0.312 e. The van der Waals surface area contributed by atoms with Gasteiger partial charge in [0.15, 0.2) is 0 Å². The minimum absolute atomic E-state index is 0.0507. The maximum atomic E-state index is 13.0.